The Morgan fingerprint density at radius 3 is 2.41 bits per heavy atom. The van der Waals surface area contributed by atoms with Crippen LogP contribution in [0.15, 0.2) is 77.4 Å². The van der Waals surface area contributed by atoms with Gasteiger partial charge >= 0.3 is 0 Å². The fraction of sp³-hybridized carbons (Fsp3) is 0.0476. The number of benzene rings is 2. The van der Waals surface area contributed by atoms with Crippen LogP contribution in [-0.2, 0) is 10.0 Å². The maximum atomic E-state index is 13.8. The summed E-state index contributed by atoms with van der Waals surface area (Å²) >= 11 is 1.57. The van der Waals surface area contributed by atoms with Crippen molar-refractivity contribution in [2.45, 2.75) is 11.9 Å². The van der Waals surface area contributed by atoms with Gasteiger partial charge in [0.25, 0.3) is 10.0 Å². The first-order valence-electron chi connectivity index (χ1n) is 8.68. The average Bonchev–Trinajstić information content (AvgIpc) is 3.24. The van der Waals surface area contributed by atoms with Crippen LogP contribution < -0.4 is 4.72 Å². The number of nitrogens with one attached hydrogen (secondary N) is 1. The van der Waals surface area contributed by atoms with Gasteiger partial charge in [0, 0.05) is 29.0 Å². The summed E-state index contributed by atoms with van der Waals surface area (Å²) in [5.41, 5.74) is 4.41. The molecule has 0 spiro atoms. The second-order valence-corrected chi connectivity index (χ2v) is 8.83. The number of anilines is 1. The third-order valence-corrected chi connectivity index (χ3v) is 6.48. The zero-order chi connectivity index (χ0) is 20.4. The van der Waals surface area contributed by atoms with Gasteiger partial charge in [-0.1, -0.05) is 24.3 Å². The number of aryl methyl sites for hydroxylation is 1. The van der Waals surface area contributed by atoms with E-state index < -0.39 is 20.9 Å². The highest BCUT2D eigenvalue weighted by atomic mass is 32.2. The third-order valence-electron chi connectivity index (χ3n) is 4.34. The first-order valence-corrected chi connectivity index (χ1v) is 11.0. The molecule has 0 aliphatic carbocycles. The largest absolute Gasteiger partial charge is 0.282 e. The van der Waals surface area contributed by atoms with Crippen LogP contribution in [0, 0.1) is 12.7 Å². The van der Waals surface area contributed by atoms with Crippen molar-refractivity contribution in [1.82, 2.24) is 9.97 Å². The molecule has 2 aromatic heterocycles. The number of pyridine rings is 1. The lowest BCUT2D eigenvalue weighted by Gasteiger charge is -2.11. The summed E-state index contributed by atoms with van der Waals surface area (Å²) in [7, 11) is -4.11. The fourth-order valence-electron chi connectivity index (χ4n) is 2.92. The Kier molecular flexibility index (Phi) is 5.12. The molecule has 0 unspecified atom stereocenters. The van der Waals surface area contributed by atoms with Gasteiger partial charge in [0.1, 0.15) is 5.01 Å². The van der Waals surface area contributed by atoms with E-state index in [0.29, 0.717) is 5.69 Å². The van der Waals surface area contributed by atoms with Crippen LogP contribution in [0.2, 0.25) is 0 Å². The Balaban J connectivity index is 1.62. The van der Waals surface area contributed by atoms with Crippen LogP contribution >= 0.6 is 11.3 Å². The molecule has 1 N–H and O–H groups in total. The lowest BCUT2D eigenvalue weighted by molar-refractivity contribution is 0.557. The number of nitrogens with zero attached hydrogens (tertiary/aromatic N) is 2. The minimum atomic E-state index is -4.11. The molecule has 0 aliphatic rings. The molecule has 146 valence electrons. The number of rotatable bonds is 5. The third kappa shape index (κ3) is 4.03. The number of halogens is 1. The minimum absolute atomic E-state index is 0.326. The van der Waals surface area contributed by atoms with Gasteiger partial charge < -0.3 is 0 Å². The second kappa shape index (κ2) is 7.73. The highest BCUT2D eigenvalue weighted by Gasteiger charge is 2.20. The van der Waals surface area contributed by atoms with E-state index in [1.807, 2.05) is 36.6 Å². The Bertz CT molecular complexity index is 1260. The summed E-state index contributed by atoms with van der Waals surface area (Å²) in [5, 5.41) is 2.24. The predicted octanol–water partition coefficient (Wildman–Crippen LogP) is 5.12. The van der Waals surface area contributed by atoms with Crippen LogP contribution in [0.25, 0.3) is 21.7 Å². The molecule has 0 amide bonds. The maximum absolute atomic E-state index is 13.8. The Hall–Kier alpha value is -3.10. The zero-order valence-corrected chi connectivity index (χ0v) is 17.0. The topological polar surface area (TPSA) is 72.0 Å². The smallest absolute Gasteiger partial charge is 0.278 e. The van der Waals surface area contributed by atoms with Gasteiger partial charge in [0.15, 0.2) is 5.82 Å². The zero-order valence-electron chi connectivity index (χ0n) is 15.3. The highest BCUT2D eigenvalue weighted by Crippen LogP contribution is 2.31. The molecule has 0 bridgehead atoms. The van der Waals surface area contributed by atoms with Crippen LogP contribution in [0.4, 0.5) is 10.1 Å². The second-order valence-electron chi connectivity index (χ2n) is 6.34. The number of thiazole rings is 1. The number of aromatic nitrogens is 2. The van der Waals surface area contributed by atoms with Crippen LogP contribution in [0.3, 0.4) is 0 Å². The lowest BCUT2D eigenvalue weighted by Crippen LogP contribution is -2.16. The first-order chi connectivity index (χ1) is 13.9. The quantitative estimate of drug-likeness (QED) is 0.482. The van der Waals surface area contributed by atoms with E-state index in [1.165, 1.54) is 12.3 Å². The molecule has 0 saturated carbocycles. The van der Waals surface area contributed by atoms with Crippen LogP contribution in [0.5, 0.6) is 0 Å². The molecule has 2 heterocycles. The molecular weight excluding hydrogens is 409 g/mol. The molecule has 0 radical (unpaired) electrons. The molecule has 4 rings (SSSR count). The lowest BCUT2D eigenvalue weighted by atomic mass is 9.98. The van der Waals surface area contributed by atoms with Gasteiger partial charge in [-0.25, -0.2) is 14.4 Å². The molecule has 8 heteroatoms. The van der Waals surface area contributed by atoms with Gasteiger partial charge in [-0.05, 0) is 53.9 Å². The van der Waals surface area contributed by atoms with Crippen molar-refractivity contribution in [1.29, 1.82) is 0 Å². The normalized spacial score (nSPS) is 11.4. The SMILES string of the molecule is Cc1ccc(-c2nccs2)cc1-c1ccc(NS(=O)(=O)c2ncccc2F)cc1. The fourth-order valence-corrected chi connectivity index (χ4v) is 4.63. The van der Waals surface area contributed by atoms with E-state index in [9.17, 15) is 12.8 Å². The summed E-state index contributed by atoms with van der Waals surface area (Å²) in [6.07, 6.45) is 3.00. The van der Waals surface area contributed by atoms with E-state index in [2.05, 4.69) is 20.8 Å². The first kappa shape index (κ1) is 19.2. The summed E-state index contributed by atoms with van der Waals surface area (Å²) in [6.45, 7) is 2.02. The van der Waals surface area contributed by atoms with E-state index in [4.69, 9.17) is 0 Å². The van der Waals surface area contributed by atoms with Gasteiger partial charge in [-0.3, -0.25) is 4.72 Å². The van der Waals surface area contributed by atoms with Crippen molar-refractivity contribution in [2.75, 3.05) is 4.72 Å². The molecule has 2 aromatic carbocycles. The molecule has 5 nitrogen and oxygen atoms in total. The van der Waals surface area contributed by atoms with E-state index >= 15 is 0 Å². The van der Waals surface area contributed by atoms with Crippen LogP contribution in [-0.4, -0.2) is 18.4 Å². The predicted molar refractivity (Wildman–Crippen MR) is 113 cm³/mol. The van der Waals surface area contributed by atoms with Crippen molar-refractivity contribution in [3.05, 3.63) is 83.8 Å². The molecule has 29 heavy (non-hydrogen) atoms. The summed E-state index contributed by atoms with van der Waals surface area (Å²) in [5.74, 6) is -0.897. The highest BCUT2D eigenvalue weighted by molar-refractivity contribution is 7.92. The summed E-state index contributed by atoms with van der Waals surface area (Å²) in [6, 6.07) is 15.5. The van der Waals surface area contributed by atoms with Crippen molar-refractivity contribution in [3.63, 3.8) is 0 Å². The summed E-state index contributed by atoms with van der Waals surface area (Å²) in [4.78, 5) is 7.97. The van der Waals surface area contributed by atoms with E-state index in [0.717, 1.165) is 33.3 Å². The van der Waals surface area contributed by atoms with Crippen LogP contribution in [0.1, 0.15) is 5.56 Å². The Labute approximate surface area is 172 Å². The van der Waals surface area contributed by atoms with E-state index in [1.54, 1.807) is 29.7 Å². The molecule has 0 atom stereocenters. The van der Waals surface area contributed by atoms with Gasteiger partial charge in [0.2, 0.25) is 5.03 Å². The minimum Gasteiger partial charge on any atom is -0.278 e. The van der Waals surface area contributed by atoms with Crippen molar-refractivity contribution in [2.24, 2.45) is 0 Å². The maximum Gasteiger partial charge on any atom is 0.282 e. The Morgan fingerprint density at radius 1 is 0.966 bits per heavy atom. The summed E-state index contributed by atoms with van der Waals surface area (Å²) < 4.78 is 40.9. The van der Waals surface area contributed by atoms with Gasteiger partial charge in [-0.15, -0.1) is 11.3 Å². The van der Waals surface area contributed by atoms with Crippen molar-refractivity contribution < 1.29 is 12.8 Å². The van der Waals surface area contributed by atoms with Crippen molar-refractivity contribution in [3.8, 4) is 21.7 Å². The van der Waals surface area contributed by atoms with Gasteiger partial charge in [-0.2, -0.15) is 8.42 Å². The number of hydrogen-bond donors (Lipinski definition) is 1. The van der Waals surface area contributed by atoms with Gasteiger partial charge in [0.05, 0.1) is 0 Å². The van der Waals surface area contributed by atoms with E-state index in [-0.39, 0.29) is 0 Å². The number of hydrogen-bond acceptors (Lipinski definition) is 5. The Morgan fingerprint density at radius 2 is 1.72 bits per heavy atom. The monoisotopic (exact) mass is 425 g/mol. The molecule has 0 fully saturated rings. The molecule has 0 aliphatic heterocycles. The molecule has 0 saturated heterocycles. The average molecular weight is 426 g/mol. The number of sulfonamides is 1. The van der Waals surface area contributed by atoms with Crippen molar-refractivity contribution >= 4 is 27.0 Å². The molecular formula is C21H16FN3O2S2. The standard InChI is InChI=1S/C21H16FN3O2S2/c1-14-4-5-16(20-23-11-12-28-20)13-18(14)15-6-8-17(9-7-15)25-29(26,27)21-19(22)3-2-10-24-21/h2-13,25H,1H3. The molecule has 4 aromatic rings.